The minimum atomic E-state index is 0.280. The zero-order valence-corrected chi connectivity index (χ0v) is 7.99. The van der Waals surface area contributed by atoms with Crippen LogP contribution < -0.4 is 0 Å². The third-order valence-corrected chi connectivity index (χ3v) is 3.24. The molecule has 0 N–H and O–H groups in total. The highest BCUT2D eigenvalue weighted by atomic mass is 16.1. The largest absolute Gasteiger partial charge is 0.294 e. The van der Waals surface area contributed by atoms with Gasteiger partial charge < -0.3 is 0 Å². The Bertz CT molecular complexity index is 410. The summed E-state index contributed by atoms with van der Waals surface area (Å²) in [4.78, 5) is 11.8. The highest BCUT2D eigenvalue weighted by molar-refractivity contribution is 6.23. The maximum absolute atomic E-state index is 11.8. The summed E-state index contributed by atoms with van der Waals surface area (Å²) < 4.78 is 0. The Kier molecular flexibility index (Phi) is 1.46. The molecule has 1 aromatic carbocycles. The van der Waals surface area contributed by atoms with Crippen LogP contribution >= 0.6 is 0 Å². The SMILES string of the molecule is O=C1CC2(C=C1c1ccccc1)CC2. The molecular weight excluding hydrogens is 172 g/mol. The van der Waals surface area contributed by atoms with Gasteiger partial charge in [-0.25, -0.2) is 0 Å². The number of Topliss-reactive ketones (excluding diaryl/α,β-unsaturated/α-hetero) is 1. The van der Waals surface area contributed by atoms with Crippen LogP contribution in [0.15, 0.2) is 36.4 Å². The molecule has 0 radical (unpaired) electrons. The molecule has 0 atom stereocenters. The van der Waals surface area contributed by atoms with Gasteiger partial charge in [-0.15, -0.1) is 0 Å². The number of rotatable bonds is 1. The van der Waals surface area contributed by atoms with Gasteiger partial charge in [0.2, 0.25) is 0 Å². The second kappa shape index (κ2) is 2.57. The standard InChI is InChI=1S/C13H12O/c14-12-9-13(6-7-13)8-11(12)10-4-2-1-3-5-10/h1-5,8H,6-7,9H2. The van der Waals surface area contributed by atoms with Gasteiger partial charge in [0.05, 0.1) is 0 Å². The minimum Gasteiger partial charge on any atom is -0.294 e. The number of hydrogen-bond acceptors (Lipinski definition) is 1. The van der Waals surface area contributed by atoms with Gasteiger partial charge in [-0.3, -0.25) is 4.79 Å². The molecule has 0 aliphatic heterocycles. The normalized spacial score (nSPS) is 22.6. The van der Waals surface area contributed by atoms with Gasteiger partial charge >= 0.3 is 0 Å². The second-order valence-corrected chi connectivity index (χ2v) is 4.39. The lowest BCUT2D eigenvalue weighted by Gasteiger charge is -1.98. The van der Waals surface area contributed by atoms with Crippen molar-refractivity contribution in [3.05, 3.63) is 42.0 Å². The molecule has 1 spiro atoms. The van der Waals surface area contributed by atoms with E-state index < -0.39 is 0 Å². The molecule has 70 valence electrons. The molecule has 0 bridgehead atoms. The zero-order chi connectivity index (χ0) is 9.60. The molecule has 3 rings (SSSR count). The lowest BCUT2D eigenvalue weighted by atomic mass is 10.1. The van der Waals surface area contributed by atoms with Crippen molar-refractivity contribution in [3.8, 4) is 0 Å². The van der Waals surface area contributed by atoms with Crippen molar-refractivity contribution in [2.24, 2.45) is 5.41 Å². The van der Waals surface area contributed by atoms with Gasteiger partial charge in [-0.05, 0) is 23.8 Å². The van der Waals surface area contributed by atoms with Crippen molar-refractivity contribution in [1.82, 2.24) is 0 Å². The lowest BCUT2D eigenvalue weighted by Crippen LogP contribution is -1.97. The fourth-order valence-corrected chi connectivity index (χ4v) is 2.20. The monoisotopic (exact) mass is 184 g/mol. The third kappa shape index (κ3) is 1.12. The summed E-state index contributed by atoms with van der Waals surface area (Å²) in [6.45, 7) is 0. The van der Waals surface area contributed by atoms with Crippen molar-refractivity contribution in [2.75, 3.05) is 0 Å². The van der Waals surface area contributed by atoms with Crippen LogP contribution in [0.3, 0.4) is 0 Å². The summed E-state index contributed by atoms with van der Waals surface area (Å²) >= 11 is 0. The van der Waals surface area contributed by atoms with E-state index in [1.54, 1.807) is 0 Å². The highest BCUT2D eigenvalue weighted by Gasteiger charge is 2.47. The van der Waals surface area contributed by atoms with Crippen LogP contribution in [0.5, 0.6) is 0 Å². The Morgan fingerprint density at radius 1 is 1.07 bits per heavy atom. The summed E-state index contributed by atoms with van der Waals surface area (Å²) in [6, 6.07) is 10.00. The number of hydrogen-bond donors (Lipinski definition) is 0. The molecule has 1 heteroatoms. The first-order chi connectivity index (χ1) is 6.79. The first-order valence-electron chi connectivity index (χ1n) is 5.11. The smallest absolute Gasteiger partial charge is 0.164 e. The molecule has 1 fully saturated rings. The van der Waals surface area contributed by atoms with Crippen LogP contribution in [0.2, 0.25) is 0 Å². The maximum atomic E-state index is 11.8. The highest BCUT2D eigenvalue weighted by Crippen LogP contribution is 2.56. The van der Waals surface area contributed by atoms with E-state index in [1.165, 1.54) is 12.8 Å². The zero-order valence-electron chi connectivity index (χ0n) is 7.99. The molecule has 1 nitrogen and oxygen atoms in total. The second-order valence-electron chi connectivity index (χ2n) is 4.39. The predicted molar refractivity (Wildman–Crippen MR) is 55.7 cm³/mol. The average molecular weight is 184 g/mol. The summed E-state index contributed by atoms with van der Waals surface area (Å²) in [5.74, 6) is 0.328. The van der Waals surface area contributed by atoms with Gasteiger partial charge in [0, 0.05) is 12.0 Å². The predicted octanol–water partition coefficient (Wildman–Crippen LogP) is 2.82. The fraction of sp³-hybridized carbons (Fsp3) is 0.308. The molecule has 2 aliphatic rings. The first kappa shape index (κ1) is 7.98. The van der Waals surface area contributed by atoms with E-state index in [-0.39, 0.29) is 5.41 Å². The Labute approximate surface area is 83.4 Å². The molecule has 14 heavy (non-hydrogen) atoms. The van der Waals surface area contributed by atoms with Crippen LogP contribution in [0, 0.1) is 5.41 Å². The van der Waals surface area contributed by atoms with E-state index in [0.717, 1.165) is 17.6 Å². The Hall–Kier alpha value is -1.37. The van der Waals surface area contributed by atoms with E-state index in [9.17, 15) is 4.79 Å². The number of allylic oxidation sites excluding steroid dienone is 2. The molecule has 0 amide bonds. The average Bonchev–Trinajstić information content (AvgIpc) is 2.86. The van der Waals surface area contributed by atoms with Crippen LogP contribution in [0.4, 0.5) is 0 Å². The number of carbonyl (C=O) groups excluding carboxylic acids is 1. The van der Waals surface area contributed by atoms with Crippen molar-refractivity contribution in [2.45, 2.75) is 19.3 Å². The molecule has 0 saturated heterocycles. The molecular formula is C13H12O. The van der Waals surface area contributed by atoms with Gasteiger partial charge in [-0.2, -0.15) is 0 Å². The quantitative estimate of drug-likeness (QED) is 0.656. The topological polar surface area (TPSA) is 17.1 Å². The van der Waals surface area contributed by atoms with Crippen LogP contribution in [0.1, 0.15) is 24.8 Å². The molecule has 2 aliphatic carbocycles. The van der Waals surface area contributed by atoms with Crippen molar-refractivity contribution in [3.63, 3.8) is 0 Å². The third-order valence-electron chi connectivity index (χ3n) is 3.24. The molecule has 0 aromatic heterocycles. The summed E-state index contributed by atoms with van der Waals surface area (Å²) in [7, 11) is 0. The first-order valence-corrected chi connectivity index (χ1v) is 5.11. The summed E-state index contributed by atoms with van der Waals surface area (Å²) in [6.07, 6.45) is 5.35. The minimum absolute atomic E-state index is 0.280. The molecule has 1 saturated carbocycles. The fourth-order valence-electron chi connectivity index (χ4n) is 2.20. The molecule has 0 unspecified atom stereocenters. The van der Waals surface area contributed by atoms with E-state index in [1.807, 2.05) is 30.3 Å². The van der Waals surface area contributed by atoms with E-state index >= 15 is 0 Å². The van der Waals surface area contributed by atoms with Crippen molar-refractivity contribution in [1.29, 1.82) is 0 Å². The van der Waals surface area contributed by atoms with Crippen LogP contribution in [-0.4, -0.2) is 5.78 Å². The van der Waals surface area contributed by atoms with Crippen molar-refractivity contribution < 1.29 is 4.79 Å². The van der Waals surface area contributed by atoms with Crippen molar-refractivity contribution >= 4 is 11.4 Å². The Morgan fingerprint density at radius 2 is 1.79 bits per heavy atom. The number of ketones is 1. The number of benzene rings is 1. The van der Waals surface area contributed by atoms with E-state index in [2.05, 4.69) is 6.08 Å². The van der Waals surface area contributed by atoms with E-state index in [0.29, 0.717) is 5.78 Å². The van der Waals surface area contributed by atoms with Gasteiger partial charge in [-0.1, -0.05) is 36.4 Å². The number of carbonyl (C=O) groups is 1. The Morgan fingerprint density at radius 3 is 2.36 bits per heavy atom. The van der Waals surface area contributed by atoms with Crippen LogP contribution in [0.25, 0.3) is 5.57 Å². The van der Waals surface area contributed by atoms with Gasteiger partial charge in [0.25, 0.3) is 0 Å². The van der Waals surface area contributed by atoms with Gasteiger partial charge in [0.15, 0.2) is 5.78 Å². The van der Waals surface area contributed by atoms with E-state index in [4.69, 9.17) is 0 Å². The van der Waals surface area contributed by atoms with Crippen LogP contribution in [-0.2, 0) is 4.79 Å². The maximum Gasteiger partial charge on any atom is 0.164 e. The molecule has 1 aromatic rings. The Balaban J connectivity index is 2.03. The summed E-state index contributed by atoms with van der Waals surface area (Å²) in [5.41, 5.74) is 2.31. The molecule has 0 heterocycles. The summed E-state index contributed by atoms with van der Waals surface area (Å²) in [5, 5.41) is 0. The lowest BCUT2D eigenvalue weighted by molar-refractivity contribution is -0.113. The van der Waals surface area contributed by atoms with Gasteiger partial charge in [0.1, 0.15) is 0 Å².